The van der Waals surface area contributed by atoms with Crippen LogP contribution in [0.5, 0.6) is 5.75 Å². The SMILES string of the molecule is CCS(=O)(=O)Nc1ccc(NC(=O)c2cc3c(F)cccc3s2)cc1OC. The van der Waals surface area contributed by atoms with E-state index in [0.717, 1.165) is 0 Å². The quantitative estimate of drug-likeness (QED) is 0.644. The summed E-state index contributed by atoms with van der Waals surface area (Å²) < 4.78 is 45.6. The van der Waals surface area contributed by atoms with Gasteiger partial charge in [0.05, 0.1) is 23.4 Å². The lowest BCUT2D eigenvalue weighted by molar-refractivity contribution is 0.103. The molecule has 0 saturated carbocycles. The molecular formula is C18H17FN2O4S2. The van der Waals surface area contributed by atoms with Crippen molar-refractivity contribution < 1.29 is 22.3 Å². The van der Waals surface area contributed by atoms with Crippen molar-refractivity contribution in [2.24, 2.45) is 0 Å². The number of halogens is 1. The van der Waals surface area contributed by atoms with Crippen LogP contribution in [0.25, 0.3) is 10.1 Å². The van der Waals surface area contributed by atoms with Crippen LogP contribution in [0.2, 0.25) is 0 Å². The molecule has 0 aliphatic rings. The zero-order valence-electron chi connectivity index (χ0n) is 14.6. The van der Waals surface area contributed by atoms with Gasteiger partial charge in [-0.2, -0.15) is 0 Å². The van der Waals surface area contributed by atoms with E-state index >= 15 is 0 Å². The van der Waals surface area contributed by atoms with Gasteiger partial charge in [-0.3, -0.25) is 9.52 Å². The number of fused-ring (bicyclic) bond motifs is 1. The van der Waals surface area contributed by atoms with Crippen molar-refractivity contribution in [2.75, 3.05) is 22.9 Å². The van der Waals surface area contributed by atoms with Crippen molar-refractivity contribution in [3.63, 3.8) is 0 Å². The summed E-state index contributed by atoms with van der Waals surface area (Å²) in [5.74, 6) is -0.569. The molecule has 0 aliphatic carbocycles. The van der Waals surface area contributed by atoms with Crippen molar-refractivity contribution in [1.29, 1.82) is 0 Å². The Labute approximate surface area is 160 Å². The molecule has 27 heavy (non-hydrogen) atoms. The van der Waals surface area contributed by atoms with Crippen LogP contribution in [0.3, 0.4) is 0 Å². The Hall–Kier alpha value is -2.65. The molecule has 2 N–H and O–H groups in total. The average molecular weight is 408 g/mol. The maximum Gasteiger partial charge on any atom is 0.265 e. The van der Waals surface area contributed by atoms with Crippen molar-refractivity contribution >= 4 is 48.7 Å². The molecule has 0 saturated heterocycles. The number of anilines is 2. The van der Waals surface area contributed by atoms with E-state index in [2.05, 4.69) is 10.0 Å². The molecule has 0 unspecified atom stereocenters. The second-order valence-electron chi connectivity index (χ2n) is 5.64. The summed E-state index contributed by atoms with van der Waals surface area (Å²) in [6.07, 6.45) is 0. The van der Waals surface area contributed by atoms with Crippen molar-refractivity contribution in [3.8, 4) is 5.75 Å². The molecule has 3 aromatic rings. The summed E-state index contributed by atoms with van der Waals surface area (Å²) >= 11 is 1.19. The van der Waals surface area contributed by atoms with E-state index in [0.29, 0.717) is 20.7 Å². The first-order valence-corrected chi connectivity index (χ1v) is 10.5. The summed E-state index contributed by atoms with van der Waals surface area (Å²) in [7, 11) is -2.05. The van der Waals surface area contributed by atoms with E-state index < -0.39 is 10.0 Å². The van der Waals surface area contributed by atoms with Gasteiger partial charge in [0, 0.05) is 21.8 Å². The molecule has 0 fully saturated rings. The highest BCUT2D eigenvalue weighted by atomic mass is 32.2. The number of ether oxygens (including phenoxy) is 1. The van der Waals surface area contributed by atoms with Gasteiger partial charge in [-0.05, 0) is 37.3 Å². The van der Waals surface area contributed by atoms with Gasteiger partial charge in [-0.25, -0.2) is 12.8 Å². The van der Waals surface area contributed by atoms with Gasteiger partial charge >= 0.3 is 0 Å². The van der Waals surface area contributed by atoms with Crippen LogP contribution >= 0.6 is 11.3 Å². The number of carbonyl (C=O) groups excluding carboxylic acids is 1. The molecule has 3 rings (SSSR count). The third kappa shape index (κ3) is 4.20. The number of carbonyl (C=O) groups is 1. The summed E-state index contributed by atoms with van der Waals surface area (Å²) in [4.78, 5) is 12.8. The summed E-state index contributed by atoms with van der Waals surface area (Å²) in [5.41, 5.74) is 0.704. The van der Waals surface area contributed by atoms with Gasteiger partial charge in [-0.15, -0.1) is 11.3 Å². The van der Waals surface area contributed by atoms with E-state index in [1.807, 2.05) is 0 Å². The average Bonchev–Trinajstić information content (AvgIpc) is 3.08. The van der Waals surface area contributed by atoms with Crippen LogP contribution in [0.1, 0.15) is 16.6 Å². The number of amides is 1. The minimum atomic E-state index is -3.45. The Morgan fingerprint density at radius 2 is 2.00 bits per heavy atom. The van der Waals surface area contributed by atoms with Gasteiger partial charge < -0.3 is 10.1 Å². The number of nitrogens with one attached hydrogen (secondary N) is 2. The monoisotopic (exact) mass is 408 g/mol. The molecule has 0 bridgehead atoms. The van der Waals surface area contributed by atoms with Crippen LogP contribution in [0, 0.1) is 5.82 Å². The third-order valence-electron chi connectivity index (χ3n) is 3.84. The Morgan fingerprint density at radius 1 is 1.22 bits per heavy atom. The van der Waals surface area contributed by atoms with E-state index in [-0.39, 0.29) is 28.9 Å². The van der Waals surface area contributed by atoms with Crippen molar-refractivity contribution in [2.45, 2.75) is 6.92 Å². The topological polar surface area (TPSA) is 84.5 Å². The molecule has 0 radical (unpaired) electrons. The molecule has 142 valence electrons. The molecule has 1 aromatic heterocycles. The van der Waals surface area contributed by atoms with Crippen molar-refractivity contribution in [1.82, 2.24) is 0 Å². The normalized spacial score (nSPS) is 11.4. The zero-order valence-corrected chi connectivity index (χ0v) is 16.2. The Kier molecular flexibility index (Phi) is 5.33. The second-order valence-corrected chi connectivity index (χ2v) is 8.73. The fourth-order valence-corrected chi connectivity index (χ4v) is 4.04. The highest BCUT2D eigenvalue weighted by Gasteiger charge is 2.15. The number of hydrogen-bond donors (Lipinski definition) is 2. The molecule has 1 heterocycles. The predicted molar refractivity (Wildman–Crippen MR) is 106 cm³/mol. The first kappa shape index (κ1) is 19.1. The number of thiophene rings is 1. The molecule has 0 spiro atoms. The lowest BCUT2D eigenvalue weighted by atomic mass is 10.2. The Morgan fingerprint density at radius 3 is 2.67 bits per heavy atom. The van der Waals surface area contributed by atoms with Gasteiger partial charge in [0.2, 0.25) is 10.0 Å². The van der Waals surface area contributed by atoms with E-state index in [4.69, 9.17) is 4.74 Å². The van der Waals surface area contributed by atoms with Gasteiger partial charge in [-0.1, -0.05) is 6.07 Å². The van der Waals surface area contributed by atoms with E-state index in [1.54, 1.807) is 18.2 Å². The van der Waals surface area contributed by atoms with Crippen LogP contribution in [0.4, 0.5) is 15.8 Å². The van der Waals surface area contributed by atoms with Crippen LogP contribution in [-0.4, -0.2) is 27.2 Å². The largest absolute Gasteiger partial charge is 0.494 e. The maximum atomic E-state index is 13.8. The predicted octanol–water partition coefficient (Wildman–Crippen LogP) is 4.06. The highest BCUT2D eigenvalue weighted by Crippen LogP contribution is 2.31. The number of hydrogen-bond acceptors (Lipinski definition) is 5. The minimum absolute atomic E-state index is 0.0723. The van der Waals surface area contributed by atoms with Gasteiger partial charge in [0.25, 0.3) is 5.91 Å². The molecule has 2 aromatic carbocycles. The van der Waals surface area contributed by atoms with Crippen LogP contribution in [-0.2, 0) is 10.0 Å². The number of sulfonamides is 1. The summed E-state index contributed by atoms with van der Waals surface area (Å²) in [5, 5.41) is 3.11. The highest BCUT2D eigenvalue weighted by molar-refractivity contribution is 7.92. The van der Waals surface area contributed by atoms with Gasteiger partial charge in [0.15, 0.2) is 0 Å². The first-order chi connectivity index (χ1) is 12.8. The molecule has 9 heteroatoms. The second kappa shape index (κ2) is 7.53. The summed E-state index contributed by atoms with van der Waals surface area (Å²) in [6, 6.07) is 10.8. The third-order valence-corrected chi connectivity index (χ3v) is 6.23. The fourth-order valence-electron chi connectivity index (χ4n) is 2.42. The Bertz CT molecular complexity index is 1110. The maximum absolute atomic E-state index is 13.8. The van der Waals surface area contributed by atoms with Crippen molar-refractivity contribution in [3.05, 3.63) is 53.2 Å². The number of benzene rings is 2. The number of methoxy groups -OCH3 is 1. The van der Waals surface area contributed by atoms with Crippen LogP contribution < -0.4 is 14.8 Å². The minimum Gasteiger partial charge on any atom is -0.494 e. The van der Waals surface area contributed by atoms with Crippen LogP contribution in [0.15, 0.2) is 42.5 Å². The summed E-state index contributed by atoms with van der Waals surface area (Å²) in [6.45, 7) is 1.53. The molecule has 6 nitrogen and oxygen atoms in total. The lowest BCUT2D eigenvalue weighted by Crippen LogP contribution is -2.15. The fraction of sp³-hybridized carbons (Fsp3) is 0.167. The first-order valence-electron chi connectivity index (χ1n) is 8.01. The molecule has 1 amide bonds. The zero-order chi connectivity index (χ0) is 19.6. The van der Waals surface area contributed by atoms with Gasteiger partial charge in [0.1, 0.15) is 11.6 Å². The molecule has 0 atom stereocenters. The van der Waals surface area contributed by atoms with E-state index in [1.165, 1.54) is 49.6 Å². The Balaban J connectivity index is 1.84. The van der Waals surface area contributed by atoms with E-state index in [9.17, 15) is 17.6 Å². The molecule has 0 aliphatic heterocycles. The standard InChI is InChI=1S/C18H17FN2O4S2/c1-3-27(23,24)21-14-8-7-11(9-15(14)25-2)20-18(22)17-10-12-13(19)5-4-6-16(12)26-17/h4-10,21H,3H2,1-2H3,(H,20,22). The smallest absolute Gasteiger partial charge is 0.265 e. The number of rotatable bonds is 6. The molecular weight excluding hydrogens is 391 g/mol. The lowest BCUT2D eigenvalue weighted by Gasteiger charge is -2.12.